The summed E-state index contributed by atoms with van der Waals surface area (Å²) < 4.78 is 29.8. The van der Waals surface area contributed by atoms with E-state index in [4.69, 9.17) is 5.73 Å². The number of nitrogen functional groups attached to an aromatic ring is 1. The van der Waals surface area contributed by atoms with Crippen LogP contribution in [0.1, 0.15) is 5.69 Å². The molecule has 0 atom stereocenters. The normalized spacial score (nSPS) is 10.8. The van der Waals surface area contributed by atoms with Crippen LogP contribution >= 0.6 is 0 Å². The molecule has 0 aliphatic heterocycles. The molecule has 90 valence electrons. The number of rotatable bonds is 3. The molecule has 6 heteroatoms. The standard InChI is InChI=1S/C11H11F2N3O/c1-7-6-16(11(14)15-7)8-2-4-9(5-3-8)17-10(12)13/h2-6,10H,1H3,(H2,14,15). The highest BCUT2D eigenvalue weighted by molar-refractivity contribution is 5.43. The van der Waals surface area contributed by atoms with Crippen LogP contribution in [0.3, 0.4) is 0 Å². The van der Waals surface area contributed by atoms with E-state index in [-0.39, 0.29) is 5.75 Å². The van der Waals surface area contributed by atoms with Crippen LogP contribution in [-0.4, -0.2) is 16.2 Å². The number of halogens is 2. The van der Waals surface area contributed by atoms with Crippen LogP contribution in [0.25, 0.3) is 5.69 Å². The Morgan fingerprint density at radius 1 is 1.29 bits per heavy atom. The molecule has 1 aromatic carbocycles. The number of nitrogens with zero attached hydrogens (tertiary/aromatic N) is 2. The van der Waals surface area contributed by atoms with E-state index in [9.17, 15) is 8.78 Å². The van der Waals surface area contributed by atoms with E-state index in [0.717, 1.165) is 11.4 Å². The van der Waals surface area contributed by atoms with Gasteiger partial charge in [0.25, 0.3) is 0 Å². The number of hydrogen-bond acceptors (Lipinski definition) is 3. The molecule has 1 aromatic heterocycles. The van der Waals surface area contributed by atoms with Crippen LogP contribution in [0.2, 0.25) is 0 Å². The molecule has 0 bridgehead atoms. The number of nitrogens with two attached hydrogens (primary N) is 1. The summed E-state index contributed by atoms with van der Waals surface area (Å²) in [5.41, 5.74) is 7.22. The number of aromatic nitrogens is 2. The van der Waals surface area contributed by atoms with E-state index < -0.39 is 6.61 Å². The van der Waals surface area contributed by atoms with Gasteiger partial charge in [-0.3, -0.25) is 4.57 Å². The maximum atomic E-state index is 12.0. The summed E-state index contributed by atoms with van der Waals surface area (Å²) in [6.07, 6.45) is 1.76. The first-order valence-corrected chi connectivity index (χ1v) is 4.93. The van der Waals surface area contributed by atoms with Gasteiger partial charge in [-0.05, 0) is 31.2 Å². The fourth-order valence-corrected chi connectivity index (χ4v) is 1.51. The number of aryl methyl sites for hydroxylation is 1. The second-order valence-electron chi connectivity index (χ2n) is 3.48. The number of hydrogen-bond donors (Lipinski definition) is 1. The molecular weight excluding hydrogens is 228 g/mol. The molecule has 0 saturated heterocycles. The Morgan fingerprint density at radius 3 is 2.41 bits per heavy atom. The van der Waals surface area contributed by atoms with Gasteiger partial charge in [-0.25, -0.2) is 4.98 Å². The molecule has 17 heavy (non-hydrogen) atoms. The van der Waals surface area contributed by atoms with E-state index in [1.54, 1.807) is 22.9 Å². The van der Waals surface area contributed by atoms with Crippen molar-refractivity contribution in [2.24, 2.45) is 0 Å². The second kappa shape index (κ2) is 4.40. The van der Waals surface area contributed by atoms with Gasteiger partial charge < -0.3 is 10.5 Å². The van der Waals surface area contributed by atoms with Crippen molar-refractivity contribution in [3.05, 3.63) is 36.2 Å². The lowest BCUT2D eigenvalue weighted by Gasteiger charge is -2.07. The lowest BCUT2D eigenvalue weighted by molar-refractivity contribution is -0.0498. The van der Waals surface area contributed by atoms with Crippen molar-refractivity contribution in [1.82, 2.24) is 9.55 Å². The van der Waals surface area contributed by atoms with E-state index in [1.807, 2.05) is 6.92 Å². The van der Waals surface area contributed by atoms with Crippen molar-refractivity contribution < 1.29 is 13.5 Å². The smallest absolute Gasteiger partial charge is 0.387 e. The van der Waals surface area contributed by atoms with Crippen LogP contribution in [0.5, 0.6) is 5.75 Å². The highest BCUT2D eigenvalue weighted by atomic mass is 19.3. The molecule has 0 radical (unpaired) electrons. The average molecular weight is 239 g/mol. The van der Waals surface area contributed by atoms with Gasteiger partial charge in [0, 0.05) is 11.9 Å². The lowest BCUT2D eigenvalue weighted by atomic mass is 10.3. The summed E-state index contributed by atoms with van der Waals surface area (Å²) in [4.78, 5) is 4.05. The molecule has 0 unspecified atom stereocenters. The summed E-state index contributed by atoms with van der Waals surface area (Å²) in [7, 11) is 0. The molecule has 2 aromatic rings. The zero-order valence-corrected chi connectivity index (χ0v) is 9.10. The van der Waals surface area contributed by atoms with Crippen molar-refractivity contribution >= 4 is 5.95 Å². The van der Waals surface area contributed by atoms with Gasteiger partial charge in [0.15, 0.2) is 0 Å². The summed E-state index contributed by atoms with van der Waals surface area (Å²) >= 11 is 0. The third-order valence-corrected chi connectivity index (χ3v) is 2.19. The maximum absolute atomic E-state index is 12.0. The van der Waals surface area contributed by atoms with Gasteiger partial charge in [0.1, 0.15) is 5.75 Å². The second-order valence-corrected chi connectivity index (χ2v) is 3.48. The minimum atomic E-state index is -2.82. The molecule has 0 spiro atoms. The number of alkyl halides is 2. The van der Waals surface area contributed by atoms with Crippen LogP contribution in [0, 0.1) is 6.92 Å². The summed E-state index contributed by atoms with van der Waals surface area (Å²) in [6.45, 7) is -0.998. The summed E-state index contributed by atoms with van der Waals surface area (Å²) in [5, 5.41) is 0. The van der Waals surface area contributed by atoms with E-state index in [1.165, 1.54) is 12.1 Å². The minimum Gasteiger partial charge on any atom is -0.435 e. The number of benzene rings is 1. The molecule has 2 N–H and O–H groups in total. The third-order valence-electron chi connectivity index (χ3n) is 2.19. The average Bonchev–Trinajstić information content (AvgIpc) is 2.58. The molecule has 0 aliphatic rings. The third kappa shape index (κ3) is 2.52. The quantitative estimate of drug-likeness (QED) is 0.894. The van der Waals surface area contributed by atoms with Gasteiger partial charge in [-0.1, -0.05) is 0 Å². The van der Waals surface area contributed by atoms with Crippen molar-refractivity contribution in [3.63, 3.8) is 0 Å². The van der Waals surface area contributed by atoms with Crippen molar-refractivity contribution in [3.8, 4) is 11.4 Å². The first kappa shape index (κ1) is 11.4. The zero-order valence-electron chi connectivity index (χ0n) is 9.10. The Morgan fingerprint density at radius 2 is 1.94 bits per heavy atom. The van der Waals surface area contributed by atoms with Gasteiger partial charge in [-0.2, -0.15) is 8.78 Å². The van der Waals surface area contributed by atoms with Crippen molar-refractivity contribution in [2.45, 2.75) is 13.5 Å². The molecule has 2 rings (SSSR count). The number of ether oxygens (including phenoxy) is 1. The Bertz CT molecular complexity index is 508. The number of imidazole rings is 1. The number of anilines is 1. The Hall–Kier alpha value is -2.11. The van der Waals surface area contributed by atoms with Crippen LogP contribution in [-0.2, 0) is 0 Å². The van der Waals surface area contributed by atoms with Crippen LogP contribution in [0.4, 0.5) is 14.7 Å². The summed E-state index contributed by atoms with van der Waals surface area (Å²) in [5.74, 6) is 0.462. The van der Waals surface area contributed by atoms with Crippen LogP contribution < -0.4 is 10.5 Å². The largest absolute Gasteiger partial charge is 0.435 e. The maximum Gasteiger partial charge on any atom is 0.387 e. The minimum absolute atomic E-state index is 0.110. The first-order valence-electron chi connectivity index (χ1n) is 4.93. The predicted molar refractivity (Wildman–Crippen MR) is 59.3 cm³/mol. The SMILES string of the molecule is Cc1cn(-c2ccc(OC(F)F)cc2)c(N)n1. The monoisotopic (exact) mass is 239 g/mol. The molecule has 4 nitrogen and oxygen atoms in total. The predicted octanol–water partition coefficient (Wildman–Crippen LogP) is 2.36. The van der Waals surface area contributed by atoms with Gasteiger partial charge >= 0.3 is 6.61 Å². The fraction of sp³-hybridized carbons (Fsp3) is 0.182. The zero-order chi connectivity index (χ0) is 12.4. The first-order chi connectivity index (χ1) is 8.06. The molecule has 0 amide bonds. The van der Waals surface area contributed by atoms with E-state index in [2.05, 4.69) is 9.72 Å². The molecule has 0 saturated carbocycles. The highest BCUT2D eigenvalue weighted by Crippen LogP contribution is 2.19. The Balaban J connectivity index is 2.26. The van der Waals surface area contributed by atoms with Gasteiger partial charge in [-0.15, -0.1) is 0 Å². The van der Waals surface area contributed by atoms with Gasteiger partial charge in [0.2, 0.25) is 5.95 Å². The fourth-order valence-electron chi connectivity index (χ4n) is 1.51. The highest BCUT2D eigenvalue weighted by Gasteiger charge is 2.06. The van der Waals surface area contributed by atoms with E-state index in [0.29, 0.717) is 5.95 Å². The summed E-state index contributed by atoms with van der Waals surface area (Å²) in [6, 6.07) is 6.18. The Kier molecular flexibility index (Phi) is 2.95. The topological polar surface area (TPSA) is 53.1 Å². The van der Waals surface area contributed by atoms with Crippen LogP contribution in [0.15, 0.2) is 30.5 Å². The molecule has 0 aliphatic carbocycles. The molecule has 1 heterocycles. The lowest BCUT2D eigenvalue weighted by Crippen LogP contribution is -2.03. The van der Waals surface area contributed by atoms with Crippen molar-refractivity contribution in [1.29, 1.82) is 0 Å². The Labute approximate surface area is 96.6 Å². The van der Waals surface area contributed by atoms with Crippen molar-refractivity contribution in [2.75, 3.05) is 5.73 Å². The molecular formula is C11H11F2N3O. The van der Waals surface area contributed by atoms with E-state index >= 15 is 0 Å². The molecule has 0 fully saturated rings. The van der Waals surface area contributed by atoms with Gasteiger partial charge in [0.05, 0.1) is 5.69 Å².